The van der Waals surface area contributed by atoms with Crippen LogP contribution in [0.4, 0.5) is 22.7 Å². The van der Waals surface area contributed by atoms with Crippen molar-refractivity contribution in [3.05, 3.63) is 253 Å². The molecule has 0 spiro atoms. The van der Waals surface area contributed by atoms with Gasteiger partial charge in [0.1, 0.15) is 46.0 Å². The van der Waals surface area contributed by atoms with E-state index in [9.17, 15) is 40.5 Å². The molecule has 0 aromatic heterocycles. The van der Waals surface area contributed by atoms with Crippen LogP contribution in [0.1, 0.15) is 150 Å². The second-order valence-corrected chi connectivity index (χ2v) is 25.6. The van der Waals surface area contributed by atoms with Gasteiger partial charge in [-0.2, -0.15) is 0 Å². The van der Waals surface area contributed by atoms with Crippen LogP contribution in [-0.2, 0) is 47.3 Å². The minimum Gasteiger partial charge on any atom is -0.457 e. The van der Waals surface area contributed by atoms with Gasteiger partial charge in [0.25, 0.3) is 22.7 Å². The second kappa shape index (κ2) is 22.7. The highest BCUT2D eigenvalue weighted by atomic mass is 16.6. The molecule has 9 rings (SSSR count). The zero-order valence-electron chi connectivity index (χ0n) is 49.4. The topological polar surface area (TPSA) is 209 Å². The van der Waals surface area contributed by atoms with Crippen molar-refractivity contribution in [1.29, 1.82) is 0 Å². The Morgan fingerprint density at radius 3 is 0.536 bits per heavy atom. The van der Waals surface area contributed by atoms with Crippen LogP contribution in [0.5, 0.6) is 46.0 Å². The van der Waals surface area contributed by atoms with Gasteiger partial charge in [-0.3, -0.25) is 40.5 Å². The Labute approximate surface area is 488 Å². The van der Waals surface area contributed by atoms with E-state index in [-0.39, 0.29) is 48.4 Å². The minimum atomic E-state index is -0.461. The average Bonchev–Trinajstić information content (AvgIpc) is 2.94. The van der Waals surface area contributed by atoms with Gasteiger partial charge in [-0.05, 0) is 137 Å². The van der Waals surface area contributed by atoms with E-state index in [1.165, 1.54) is 48.5 Å². The van der Waals surface area contributed by atoms with Crippen molar-refractivity contribution >= 4 is 22.7 Å². The van der Waals surface area contributed by atoms with E-state index >= 15 is 0 Å². The van der Waals surface area contributed by atoms with E-state index in [1.54, 1.807) is 48.5 Å². The fourth-order valence-corrected chi connectivity index (χ4v) is 10.2. The van der Waals surface area contributed by atoms with Gasteiger partial charge in [0.15, 0.2) is 0 Å². The predicted octanol–water partition coefficient (Wildman–Crippen LogP) is 18.4. The molecule has 0 amide bonds. The fourth-order valence-electron chi connectivity index (χ4n) is 10.2. The van der Waals surface area contributed by atoms with Gasteiger partial charge >= 0.3 is 0 Å². The molecular formula is C68H68N4O12. The van der Waals surface area contributed by atoms with E-state index in [2.05, 4.69) is 132 Å². The molecule has 1 aliphatic rings. The Balaban J connectivity index is 1.44. The molecule has 16 heteroatoms. The molecule has 8 aromatic carbocycles. The highest BCUT2D eigenvalue weighted by Gasteiger charge is 2.31. The van der Waals surface area contributed by atoms with Crippen LogP contribution in [0.25, 0.3) is 0 Å². The second-order valence-electron chi connectivity index (χ2n) is 25.6. The largest absolute Gasteiger partial charge is 0.457 e. The highest BCUT2D eigenvalue weighted by Crippen LogP contribution is 2.47. The summed E-state index contributed by atoms with van der Waals surface area (Å²) < 4.78 is 28.4. The fraction of sp³-hybridized carbons (Fsp3) is 0.294. The first-order valence-electron chi connectivity index (χ1n) is 27.7. The first-order chi connectivity index (χ1) is 39.4. The molecule has 0 saturated heterocycles. The maximum absolute atomic E-state index is 12.0. The number of benzene rings is 8. The van der Waals surface area contributed by atoms with Crippen LogP contribution < -0.4 is 18.9 Å². The molecule has 0 aliphatic heterocycles. The Bertz CT molecular complexity index is 3260. The number of fused-ring (bicyclic) bond motifs is 8. The first kappa shape index (κ1) is 59.2. The van der Waals surface area contributed by atoms with Crippen LogP contribution in [0.15, 0.2) is 146 Å². The van der Waals surface area contributed by atoms with E-state index in [0.717, 1.165) is 66.8 Å². The predicted molar refractivity (Wildman–Crippen MR) is 324 cm³/mol. The zero-order chi connectivity index (χ0) is 60.8. The molecule has 0 saturated carbocycles. The number of hydrogen-bond acceptors (Lipinski definition) is 12. The van der Waals surface area contributed by atoms with Crippen molar-refractivity contribution in [2.45, 2.75) is 130 Å². The smallest absolute Gasteiger partial charge is 0.269 e. The summed E-state index contributed by atoms with van der Waals surface area (Å²) in [5, 5.41) is 47.8. The lowest BCUT2D eigenvalue weighted by molar-refractivity contribution is -0.385. The summed E-state index contributed by atoms with van der Waals surface area (Å²) in [7, 11) is 0. The van der Waals surface area contributed by atoms with Crippen LogP contribution >= 0.6 is 0 Å². The maximum Gasteiger partial charge on any atom is 0.269 e. The Kier molecular flexibility index (Phi) is 16.0. The standard InChI is InChI=1S/C68H68N4O12/c1-65(2,3)49-33-41-29-43-35-50(66(4,5)6)37-45(62(43)82-58-23-15-54(16-24-58)70(75)76)31-47-39-52(68(10,11)12)40-48(64(47)84-60-27-19-56(20-28-60)72(79)80)32-46-38-51(67(7,8)9)36-44(63(46)83-59-25-17-55(18-26-59)71(77)78)30-42(34-49)61(41)81-57-21-13-53(14-22-57)69(73)74/h13-28,33-40H,29-32H2,1-12H3. The average molecular weight is 1130 g/mol. The summed E-state index contributed by atoms with van der Waals surface area (Å²) in [6, 6.07) is 40.9. The van der Waals surface area contributed by atoms with Crippen molar-refractivity contribution < 1.29 is 38.6 Å². The van der Waals surface area contributed by atoms with E-state index < -0.39 is 41.4 Å². The van der Waals surface area contributed by atoms with Gasteiger partial charge < -0.3 is 18.9 Å². The normalized spacial score (nSPS) is 12.7. The Morgan fingerprint density at radius 1 is 0.274 bits per heavy atom. The molecular weight excluding hydrogens is 1060 g/mol. The first-order valence-corrected chi connectivity index (χ1v) is 27.7. The van der Waals surface area contributed by atoms with Crippen molar-refractivity contribution in [2.24, 2.45) is 0 Å². The third-order valence-electron chi connectivity index (χ3n) is 15.0. The van der Waals surface area contributed by atoms with Crippen molar-refractivity contribution in [3.63, 3.8) is 0 Å². The lowest BCUT2D eigenvalue weighted by Gasteiger charge is -2.29. The third-order valence-corrected chi connectivity index (χ3v) is 15.0. The van der Waals surface area contributed by atoms with Crippen LogP contribution in [0.2, 0.25) is 0 Å². The highest BCUT2D eigenvalue weighted by molar-refractivity contribution is 5.62. The van der Waals surface area contributed by atoms with Crippen LogP contribution in [-0.4, -0.2) is 19.7 Å². The SMILES string of the molecule is CC(C)(C)c1cc2c(Oc3ccc([N+](=O)[O-])cc3)c(c1)Cc1cc(C(C)(C)C)cc(c1Oc1ccc([N+](=O)[O-])cc1)Cc1cc(C(C)(C)C)cc(c1Oc1ccc([N+](=O)[O-])cc1)Cc1cc(C(C)(C)C)cc(c1Oc1ccc([N+](=O)[O-])cc1)C2. The molecule has 0 fully saturated rings. The quantitative estimate of drug-likeness (QED) is 0.0826. The summed E-state index contributed by atoms with van der Waals surface area (Å²) >= 11 is 0. The third kappa shape index (κ3) is 13.4. The molecule has 1 aliphatic carbocycles. The molecule has 8 aromatic rings. The summed E-state index contributed by atoms with van der Waals surface area (Å²) in [6.07, 6.45) is 0.878. The summed E-state index contributed by atoms with van der Waals surface area (Å²) in [4.78, 5) is 46.0. The van der Waals surface area contributed by atoms with E-state index in [4.69, 9.17) is 18.9 Å². The van der Waals surface area contributed by atoms with Gasteiger partial charge in [-0.1, -0.05) is 132 Å². The molecule has 0 heterocycles. The lowest BCUT2D eigenvalue weighted by atomic mass is 9.79. The van der Waals surface area contributed by atoms with Crippen molar-refractivity contribution in [1.82, 2.24) is 0 Å². The molecule has 0 radical (unpaired) electrons. The van der Waals surface area contributed by atoms with E-state index in [0.29, 0.717) is 46.0 Å². The summed E-state index contributed by atoms with van der Waals surface area (Å²) in [6.45, 7) is 25.6. The number of rotatable bonds is 12. The van der Waals surface area contributed by atoms with Gasteiger partial charge in [0, 0.05) is 74.2 Å². The molecule has 8 bridgehead atoms. The summed E-state index contributed by atoms with van der Waals surface area (Å²) in [5.74, 6) is 3.40. The maximum atomic E-state index is 12.0. The molecule has 0 atom stereocenters. The molecule has 432 valence electrons. The molecule has 16 nitrogen and oxygen atoms in total. The molecule has 0 N–H and O–H groups in total. The zero-order valence-corrected chi connectivity index (χ0v) is 49.4. The number of nitro benzene ring substituents is 4. The number of nitro groups is 4. The van der Waals surface area contributed by atoms with Crippen molar-refractivity contribution in [2.75, 3.05) is 0 Å². The number of hydrogen-bond donors (Lipinski definition) is 0. The Morgan fingerprint density at radius 2 is 0.417 bits per heavy atom. The Hall–Kier alpha value is -9.44. The number of nitrogens with zero attached hydrogens (tertiary/aromatic N) is 4. The van der Waals surface area contributed by atoms with Gasteiger partial charge in [-0.15, -0.1) is 0 Å². The van der Waals surface area contributed by atoms with Gasteiger partial charge in [0.05, 0.1) is 19.7 Å². The number of non-ortho nitro benzene ring substituents is 4. The van der Waals surface area contributed by atoms with Crippen LogP contribution in [0, 0.1) is 40.5 Å². The molecule has 0 unspecified atom stereocenters. The lowest BCUT2D eigenvalue weighted by Crippen LogP contribution is -2.17. The summed E-state index contributed by atoms with van der Waals surface area (Å²) in [5.41, 5.74) is 7.93. The van der Waals surface area contributed by atoms with Crippen LogP contribution in [0.3, 0.4) is 0 Å². The van der Waals surface area contributed by atoms with Crippen molar-refractivity contribution in [3.8, 4) is 46.0 Å². The van der Waals surface area contributed by atoms with Gasteiger partial charge in [0.2, 0.25) is 0 Å². The van der Waals surface area contributed by atoms with E-state index in [1.807, 2.05) is 0 Å². The molecule has 84 heavy (non-hydrogen) atoms. The number of ether oxygens (including phenoxy) is 4. The monoisotopic (exact) mass is 1130 g/mol. The van der Waals surface area contributed by atoms with Gasteiger partial charge in [-0.25, -0.2) is 0 Å². The minimum absolute atomic E-state index is 0.104.